The fraction of sp³-hybridized carbons (Fsp3) is 0.278. The summed E-state index contributed by atoms with van der Waals surface area (Å²) >= 11 is 0. The number of hydrogen-bond donors (Lipinski definition) is 0. The van der Waals surface area contributed by atoms with Crippen LogP contribution in [0.1, 0.15) is 25.2 Å². The van der Waals surface area contributed by atoms with Crippen molar-refractivity contribution in [3.63, 3.8) is 0 Å². The second kappa shape index (κ2) is 6.51. The van der Waals surface area contributed by atoms with Crippen LogP contribution in [0.15, 0.2) is 39.9 Å². The Hall–Kier alpha value is -2.96. The Balaban J connectivity index is 2.31. The van der Waals surface area contributed by atoms with Crippen molar-refractivity contribution in [3.05, 3.63) is 62.6 Å². The molecule has 0 spiro atoms. The minimum atomic E-state index is -0.567. The molecule has 0 bridgehead atoms. The molecule has 0 atom stereocenters. The van der Waals surface area contributed by atoms with Gasteiger partial charge in [-0.15, -0.1) is 0 Å². The van der Waals surface area contributed by atoms with E-state index in [0.29, 0.717) is 12.1 Å². The fourth-order valence-corrected chi connectivity index (χ4v) is 2.90. The zero-order valence-electron chi connectivity index (χ0n) is 14.4. The highest BCUT2D eigenvalue weighted by Gasteiger charge is 2.20. The Morgan fingerprint density at radius 3 is 2.36 bits per heavy atom. The molecule has 0 aliphatic rings. The number of imidazole rings is 1. The van der Waals surface area contributed by atoms with E-state index in [0.717, 1.165) is 4.57 Å². The number of benzene rings is 1. The summed E-state index contributed by atoms with van der Waals surface area (Å²) in [5.41, 5.74) is 0.220. The van der Waals surface area contributed by atoms with Crippen molar-refractivity contribution in [2.45, 2.75) is 26.9 Å². The van der Waals surface area contributed by atoms with E-state index in [-0.39, 0.29) is 23.5 Å². The van der Waals surface area contributed by atoms with Crippen LogP contribution < -0.4 is 11.2 Å². The topological polar surface area (TPSA) is 61.8 Å². The lowest BCUT2D eigenvalue weighted by atomic mass is 10.2. The normalized spacial score (nSPS) is 12.1. The van der Waals surface area contributed by atoms with Gasteiger partial charge in [-0.1, -0.05) is 30.3 Å². The maximum absolute atomic E-state index is 14.8. The molecule has 3 rings (SSSR count). The average molecular weight is 342 g/mol. The highest BCUT2D eigenvalue weighted by atomic mass is 19.1. The van der Waals surface area contributed by atoms with Gasteiger partial charge in [-0.05, 0) is 25.5 Å². The second-order valence-corrected chi connectivity index (χ2v) is 5.65. The monoisotopic (exact) mass is 342 g/mol. The van der Waals surface area contributed by atoms with Gasteiger partial charge < -0.3 is 4.57 Å². The van der Waals surface area contributed by atoms with Gasteiger partial charge in [-0.2, -0.15) is 0 Å². The minimum Gasteiger partial charge on any atom is -0.319 e. The van der Waals surface area contributed by atoms with Gasteiger partial charge in [0, 0.05) is 20.1 Å². The summed E-state index contributed by atoms with van der Waals surface area (Å²) in [7, 11) is 1.58. The first-order chi connectivity index (χ1) is 12.0. The van der Waals surface area contributed by atoms with Gasteiger partial charge >= 0.3 is 5.69 Å². The standard InChI is InChI=1S/C18H19FN4O2/c1-4-22-16-14(17(24)23(5-2)18(22)25)21(3)15(20-16)13(19)11-12-9-7-6-8-10-12/h6-11H,4-5H2,1-3H3/b13-11-. The van der Waals surface area contributed by atoms with Crippen LogP contribution in [0, 0.1) is 0 Å². The number of rotatable bonds is 4. The molecule has 0 radical (unpaired) electrons. The third-order valence-corrected chi connectivity index (χ3v) is 4.18. The van der Waals surface area contributed by atoms with E-state index in [4.69, 9.17) is 0 Å². The molecular formula is C18H19FN4O2. The van der Waals surface area contributed by atoms with Crippen LogP contribution in [0.4, 0.5) is 4.39 Å². The summed E-state index contributed by atoms with van der Waals surface area (Å²) < 4.78 is 18.7. The quantitative estimate of drug-likeness (QED) is 0.731. The lowest BCUT2D eigenvalue weighted by molar-refractivity contribution is 0.604. The Morgan fingerprint density at radius 1 is 1.12 bits per heavy atom. The van der Waals surface area contributed by atoms with Crippen molar-refractivity contribution in [2.24, 2.45) is 7.05 Å². The number of aryl methyl sites for hydroxylation is 2. The molecule has 2 aromatic heterocycles. The van der Waals surface area contributed by atoms with Crippen molar-refractivity contribution in [1.29, 1.82) is 0 Å². The summed E-state index contributed by atoms with van der Waals surface area (Å²) in [4.78, 5) is 29.3. The molecule has 25 heavy (non-hydrogen) atoms. The highest BCUT2D eigenvalue weighted by molar-refractivity contribution is 5.80. The zero-order valence-corrected chi connectivity index (χ0v) is 14.4. The SMILES string of the molecule is CCn1c(=O)c2c(nc(/C(F)=C/c3ccccc3)n2C)n(CC)c1=O. The molecule has 2 heterocycles. The van der Waals surface area contributed by atoms with Gasteiger partial charge in [-0.25, -0.2) is 14.2 Å². The van der Waals surface area contributed by atoms with Crippen LogP contribution in [0.25, 0.3) is 23.1 Å². The van der Waals surface area contributed by atoms with Crippen molar-refractivity contribution >= 4 is 23.1 Å². The molecule has 3 aromatic rings. The molecule has 1 aromatic carbocycles. The van der Waals surface area contributed by atoms with E-state index in [2.05, 4.69) is 4.98 Å². The van der Waals surface area contributed by atoms with Crippen molar-refractivity contribution < 1.29 is 4.39 Å². The summed E-state index contributed by atoms with van der Waals surface area (Å²) in [5, 5.41) is 0. The summed E-state index contributed by atoms with van der Waals surface area (Å²) in [6, 6.07) is 9.01. The predicted molar refractivity (Wildman–Crippen MR) is 96.0 cm³/mol. The van der Waals surface area contributed by atoms with E-state index >= 15 is 0 Å². The Labute approximate surface area is 143 Å². The predicted octanol–water partition coefficient (Wildman–Crippen LogP) is 2.40. The second-order valence-electron chi connectivity index (χ2n) is 5.65. The Kier molecular flexibility index (Phi) is 4.39. The molecule has 130 valence electrons. The first-order valence-electron chi connectivity index (χ1n) is 8.12. The molecule has 0 aliphatic heterocycles. The van der Waals surface area contributed by atoms with Crippen LogP contribution in [0.2, 0.25) is 0 Å². The van der Waals surface area contributed by atoms with E-state index in [1.54, 1.807) is 33.0 Å². The number of fused-ring (bicyclic) bond motifs is 1. The molecule has 0 N–H and O–H groups in total. The summed E-state index contributed by atoms with van der Waals surface area (Å²) in [6.45, 7) is 4.10. The fourth-order valence-electron chi connectivity index (χ4n) is 2.90. The smallest absolute Gasteiger partial charge is 0.319 e. The lowest BCUT2D eigenvalue weighted by Gasteiger charge is -2.08. The maximum Gasteiger partial charge on any atom is 0.332 e. The summed E-state index contributed by atoms with van der Waals surface area (Å²) in [6.07, 6.45) is 1.36. The molecule has 0 unspecified atom stereocenters. The van der Waals surface area contributed by atoms with Crippen molar-refractivity contribution in [1.82, 2.24) is 18.7 Å². The first-order valence-corrected chi connectivity index (χ1v) is 8.12. The van der Waals surface area contributed by atoms with Gasteiger partial charge in [0.25, 0.3) is 5.56 Å². The minimum absolute atomic E-state index is 0.0198. The van der Waals surface area contributed by atoms with Crippen LogP contribution in [-0.2, 0) is 20.1 Å². The number of nitrogens with zero attached hydrogens (tertiary/aromatic N) is 4. The van der Waals surface area contributed by atoms with Gasteiger partial charge in [0.2, 0.25) is 0 Å². The van der Waals surface area contributed by atoms with Crippen LogP contribution in [0.3, 0.4) is 0 Å². The van der Waals surface area contributed by atoms with Crippen LogP contribution in [0.5, 0.6) is 0 Å². The molecular weight excluding hydrogens is 323 g/mol. The Bertz CT molecular complexity index is 1070. The highest BCUT2D eigenvalue weighted by Crippen LogP contribution is 2.21. The van der Waals surface area contributed by atoms with Crippen molar-refractivity contribution in [2.75, 3.05) is 0 Å². The molecule has 0 fully saturated rings. The molecule has 0 aliphatic carbocycles. The summed E-state index contributed by atoms with van der Waals surface area (Å²) in [5.74, 6) is -0.547. The molecule has 0 saturated heterocycles. The largest absolute Gasteiger partial charge is 0.332 e. The van der Waals surface area contributed by atoms with Gasteiger partial charge in [0.05, 0.1) is 0 Å². The van der Waals surface area contributed by atoms with E-state index in [1.165, 1.54) is 15.2 Å². The Morgan fingerprint density at radius 2 is 1.76 bits per heavy atom. The van der Waals surface area contributed by atoms with Crippen LogP contribution >= 0.6 is 0 Å². The van der Waals surface area contributed by atoms with Gasteiger partial charge in [0.1, 0.15) is 0 Å². The maximum atomic E-state index is 14.8. The van der Waals surface area contributed by atoms with Gasteiger partial charge in [0.15, 0.2) is 22.8 Å². The van der Waals surface area contributed by atoms with Crippen LogP contribution in [-0.4, -0.2) is 18.7 Å². The molecule has 0 saturated carbocycles. The number of hydrogen-bond acceptors (Lipinski definition) is 3. The average Bonchev–Trinajstić information content (AvgIpc) is 2.94. The van der Waals surface area contributed by atoms with Gasteiger partial charge in [-0.3, -0.25) is 13.9 Å². The van der Waals surface area contributed by atoms with E-state index < -0.39 is 17.1 Å². The number of halogens is 1. The third-order valence-electron chi connectivity index (χ3n) is 4.18. The van der Waals surface area contributed by atoms with Crippen molar-refractivity contribution in [3.8, 4) is 0 Å². The molecule has 7 heteroatoms. The molecule has 6 nitrogen and oxygen atoms in total. The number of aromatic nitrogens is 4. The van der Waals surface area contributed by atoms with E-state index in [9.17, 15) is 14.0 Å². The lowest BCUT2D eigenvalue weighted by Crippen LogP contribution is -2.39. The van der Waals surface area contributed by atoms with E-state index in [1.807, 2.05) is 18.2 Å². The third kappa shape index (κ3) is 2.71. The zero-order chi connectivity index (χ0) is 18.1. The first kappa shape index (κ1) is 16.9. The molecule has 0 amide bonds.